The molecule has 2 heterocycles. The molecule has 0 unspecified atom stereocenters. The predicted octanol–water partition coefficient (Wildman–Crippen LogP) is 19.7. The van der Waals surface area contributed by atoms with Gasteiger partial charge < -0.3 is 14.7 Å². The molecule has 0 fully saturated rings. The molecule has 0 aliphatic heterocycles. The first-order valence-corrected chi connectivity index (χ1v) is 24.6. The molecule has 0 saturated carbocycles. The van der Waals surface area contributed by atoms with Gasteiger partial charge in [0.2, 0.25) is 0 Å². The average Bonchev–Trinajstić information content (AvgIpc) is 4.02. The van der Waals surface area contributed by atoms with Gasteiger partial charge in [-0.25, -0.2) is 0 Å². The molecule has 0 aliphatic carbocycles. The van der Waals surface area contributed by atoms with Crippen molar-refractivity contribution in [3.8, 4) is 11.1 Å². The van der Waals surface area contributed by atoms with E-state index >= 15 is 0 Å². The fourth-order valence-electron chi connectivity index (χ4n) is 9.76. The molecule has 0 bridgehead atoms. The molecule has 0 spiro atoms. The summed E-state index contributed by atoms with van der Waals surface area (Å²) in [6, 6.07) is 80.2. The lowest BCUT2D eigenvalue weighted by atomic mass is 9.93. The van der Waals surface area contributed by atoms with Gasteiger partial charge in [0.1, 0.15) is 0 Å². The van der Waals surface area contributed by atoms with Gasteiger partial charge in [-0.15, -0.1) is 22.7 Å². The maximum atomic E-state index is 9.94. The topological polar surface area (TPSA) is 9.72 Å². The third-order valence-corrected chi connectivity index (χ3v) is 15.3. The molecular weight excluding hydrogens is 875 g/mol. The van der Waals surface area contributed by atoms with Crippen molar-refractivity contribution in [1.82, 2.24) is 0 Å². The SMILES string of the molecule is [2H]c1c([2H])c(N(c2ccccc2)c2cc(-c3cc4c5ccc(N(c6ccccc6)c6ccccc6)cc5sc4c4ccccc34)c3sc4ccccc4c3c2)c([2H])c([2H])c1N(c1ccccc1)c1ccccc1. The van der Waals surface area contributed by atoms with Crippen molar-refractivity contribution in [2.45, 2.75) is 0 Å². The highest BCUT2D eigenvalue weighted by Gasteiger charge is 2.23. The maximum Gasteiger partial charge on any atom is 0.0646 e. The summed E-state index contributed by atoms with van der Waals surface area (Å²) in [5, 5.41) is 6.78. The van der Waals surface area contributed by atoms with Gasteiger partial charge in [0, 0.05) is 102 Å². The van der Waals surface area contributed by atoms with Gasteiger partial charge >= 0.3 is 0 Å². The van der Waals surface area contributed by atoms with Crippen LogP contribution in [-0.4, -0.2) is 0 Å². The minimum absolute atomic E-state index is 0.147. The Labute approximate surface area is 414 Å². The van der Waals surface area contributed by atoms with Crippen LogP contribution in [0.3, 0.4) is 0 Å². The zero-order valence-electron chi connectivity index (χ0n) is 41.2. The highest BCUT2D eigenvalue weighted by Crippen LogP contribution is 2.50. The van der Waals surface area contributed by atoms with Crippen LogP contribution in [0.15, 0.2) is 261 Å². The van der Waals surface area contributed by atoms with E-state index in [0.717, 1.165) is 76.2 Å². The lowest BCUT2D eigenvalue weighted by molar-refractivity contribution is 1.26. The predicted molar refractivity (Wildman–Crippen MR) is 299 cm³/mol. The third-order valence-electron chi connectivity index (χ3n) is 12.8. The zero-order chi connectivity index (χ0) is 49.2. The summed E-state index contributed by atoms with van der Waals surface area (Å²) in [7, 11) is 0. The van der Waals surface area contributed by atoms with Gasteiger partial charge in [-0.05, 0) is 132 Å². The Bertz CT molecular complexity index is 4100. The summed E-state index contributed by atoms with van der Waals surface area (Å²) in [5.74, 6) is 0. The minimum Gasteiger partial charge on any atom is -0.311 e. The second kappa shape index (κ2) is 17.3. The van der Waals surface area contributed by atoms with Crippen LogP contribution in [0.4, 0.5) is 51.2 Å². The van der Waals surface area contributed by atoms with Gasteiger partial charge in [0.25, 0.3) is 0 Å². The van der Waals surface area contributed by atoms with E-state index in [1.165, 1.54) is 20.2 Å². The fraction of sp³-hybridized carbons (Fsp3) is 0. The molecule has 0 amide bonds. The van der Waals surface area contributed by atoms with E-state index < -0.39 is 0 Å². The van der Waals surface area contributed by atoms with E-state index in [0.29, 0.717) is 5.69 Å². The van der Waals surface area contributed by atoms with Crippen molar-refractivity contribution in [2.24, 2.45) is 0 Å². The van der Waals surface area contributed by atoms with E-state index in [9.17, 15) is 5.48 Å². The van der Waals surface area contributed by atoms with E-state index in [1.54, 1.807) is 11.3 Å². The highest BCUT2D eigenvalue weighted by atomic mass is 32.1. The third kappa shape index (κ3) is 7.28. The zero-order valence-corrected chi connectivity index (χ0v) is 38.8. The molecule has 5 heteroatoms. The molecule has 13 aromatic rings. The van der Waals surface area contributed by atoms with Crippen molar-refractivity contribution in [3.05, 3.63) is 261 Å². The van der Waals surface area contributed by atoms with Gasteiger partial charge in [-0.2, -0.15) is 0 Å². The normalized spacial score (nSPS) is 12.3. The summed E-state index contributed by atoms with van der Waals surface area (Å²) >= 11 is 3.59. The van der Waals surface area contributed by atoms with Crippen molar-refractivity contribution in [2.75, 3.05) is 14.7 Å². The smallest absolute Gasteiger partial charge is 0.0646 e. The van der Waals surface area contributed by atoms with Crippen molar-refractivity contribution in [1.29, 1.82) is 0 Å². The number of fused-ring (bicyclic) bond motifs is 8. The lowest BCUT2D eigenvalue weighted by Crippen LogP contribution is -2.12. The molecule has 0 aliphatic rings. The molecule has 13 rings (SSSR count). The number of para-hydroxylation sites is 5. The summed E-state index contributed by atoms with van der Waals surface area (Å²) < 4.78 is 44.2. The van der Waals surface area contributed by atoms with E-state index in [1.807, 2.05) is 112 Å². The van der Waals surface area contributed by atoms with Crippen LogP contribution in [-0.2, 0) is 0 Å². The number of anilines is 9. The van der Waals surface area contributed by atoms with Gasteiger partial charge in [0.05, 0.1) is 5.48 Å². The van der Waals surface area contributed by atoms with Gasteiger partial charge in [-0.3, -0.25) is 0 Å². The Morgan fingerprint density at radius 2 is 0.652 bits per heavy atom. The lowest BCUT2D eigenvalue weighted by Gasteiger charge is -2.29. The molecule has 326 valence electrons. The summed E-state index contributed by atoms with van der Waals surface area (Å²) in [6.45, 7) is 0. The monoisotopic (exact) mass is 921 g/mol. The van der Waals surface area contributed by atoms with Crippen LogP contribution < -0.4 is 14.7 Å². The molecule has 0 radical (unpaired) electrons. The number of hydrogen-bond acceptors (Lipinski definition) is 5. The average molecular weight is 922 g/mol. The summed E-state index contributed by atoms with van der Waals surface area (Å²) in [5.41, 5.74) is 8.58. The Hall–Kier alpha value is -8.48. The van der Waals surface area contributed by atoms with E-state index in [2.05, 4.69) is 150 Å². The Morgan fingerprint density at radius 1 is 0.246 bits per heavy atom. The van der Waals surface area contributed by atoms with Gasteiger partial charge in [0.15, 0.2) is 0 Å². The molecular formula is C64H43N3S2. The van der Waals surface area contributed by atoms with Crippen LogP contribution in [0.1, 0.15) is 5.48 Å². The molecule has 3 nitrogen and oxygen atoms in total. The Morgan fingerprint density at radius 3 is 1.19 bits per heavy atom. The van der Waals surface area contributed by atoms with Crippen LogP contribution >= 0.6 is 22.7 Å². The molecule has 2 aromatic heterocycles. The standard InChI is InChI=1S/C64H43N3S2/c1-6-20-44(21-7-1)65(45-22-8-2-9-23-45)49-34-36-50(37-35-49)67(48-28-14-5-15-29-48)52-40-58-54-31-18-19-33-61(54)68-64(58)59(41-52)57-43-60-55-39-38-51(42-62(55)69-63(60)56-32-17-16-30-53(56)57)66(46-24-10-3-11-25-46)47-26-12-4-13-27-47/h1-43H/i34D,35D,36D,37D. The number of nitrogens with zero attached hydrogens (tertiary/aromatic N) is 3. The van der Waals surface area contributed by atoms with Crippen molar-refractivity contribution < 1.29 is 5.48 Å². The number of hydrogen-bond donors (Lipinski definition) is 0. The van der Waals surface area contributed by atoms with Crippen LogP contribution in [0.25, 0.3) is 62.2 Å². The number of benzene rings is 11. The quantitative estimate of drug-likeness (QED) is 0.135. The number of thiophene rings is 2. The van der Waals surface area contributed by atoms with Crippen LogP contribution in [0.2, 0.25) is 0 Å². The molecule has 11 aromatic carbocycles. The second-order valence-corrected chi connectivity index (χ2v) is 19.1. The Balaban J connectivity index is 1.05. The molecule has 0 N–H and O–H groups in total. The second-order valence-electron chi connectivity index (χ2n) is 17.0. The largest absolute Gasteiger partial charge is 0.311 e. The molecule has 0 atom stereocenters. The first kappa shape index (κ1) is 36.6. The minimum atomic E-state index is -0.150. The molecule has 69 heavy (non-hydrogen) atoms. The van der Waals surface area contributed by atoms with Crippen molar-refractivity contribution >= 4 is 125 Å². The number of rotatable bonds is 10. The van der Waals surface area contributed by atoms with E-state index in [4.69, 9.17) is 0 Å². The Kier molecular flexibility index (Phi) is 9.18. The first-order valence-electron chi connectivity index (χ1n) is 25.0. The summed E-state index contributed by atoms with van der Waals surface area (Å²) in [6.07, 6.45) is 0. The summed E-state index contributed by atoms with van der Waals surface area (Å²) in [4.78, 5) is 6.05. The maximum absolute atomic E-state index is 9.94. The van der Waals surface area contributed by atoms with E-state index in [-0.39, 0.29) is 35.5 Å². The fourth-order valence-corrected chi connectivity index (χ4v) is 12.2. The highest BCUT2D eigenvalue weighted by molar-refractivity contribution is 7.27. The van der Waals surface area contributed by atoms with Crippen molar-refractivity contribution in [3.63, 3.8) is 0 Å². The molecule has 0 saturated heterocycles. The van der Waals surface area contributed by atoms with Gasteiger partial charge in [-0.1, -0.05) is 140 Å². The first-order chi connectivity index (χ1) is 35.9. The van der Waals surface area contributed by atoms with Crippen LogP contribution in [0, 0.1) is 0 Å². The van der Waals surface area contributed by atoms with Crippen LogP contribution in [0.5, 0.6) is 0 Å².